The molecule has 0 unspecified atom stereocenters. The summed E-state index contributed by atoms with van der Waals surface area (Å²) in [6, 6.07) is 7.94. The molecule has 2 bridgehead atoms. The number of fused-ring (bicyclic) bond motifs is 3. The summed E-state index contributed by atoms with van der Waals surface area (Å²) in [5, 5.41) is 43.9. The second kappa shape index (κ2) is 34.3. The number of nitrogens with zero attached hydrogens (tertiary/aromatic N) is 5. The number of aromatic nitrogens is 2. The van der Waals surface area contributed by atoms with E-state index in [1.165, 1.54) is 68.7 Å². The highest BCUT2D eigenvalue weighted by Crippen LogP contribution is 2.41. The van der Waals surface area contributed by atoms with Gasteiger partial charge in [-0.15, -0.1) is 0 Å². The van der Waals surface area contributed by atoms with Crippen molar-refractivity contribution in [3.63, 3.8) is 0 Å². The molecular weight excluding hydrogens is 1320 g/mol. The van der Waals surface area contributed by atoms with Gasteiger partial charge in [0.2, 0.25) is 17.6 Å². The lowest BCUT2D eigenvalue weighted by Crippen LogP contribution is -2.64. The van der Waals surface area contributed by atoms with Gasteiger partial charge in [-0.25, -0.2) is 9.48 Å². The van der Waals surface area contributed by atoms with E-state index in [0.717, 1.165) is 22.7 Å². The lowest BCUT2D eigenvalue weighted by molar-refractivity contribution is -0.302. The van der Waals surface area contributed by atoms with Gasteiger partial charge in [-0.05, 0) is 150 Å². The van der Waals surface area contributed by atoms with Crippen LogP contribution in [0.15, 0.2) is 84.6 Å². The number of carbonyl (C=O) groups excluding carboxylic acids is 8. The fraction of sp³-hybridized carbons (Fsp3) is 0.592. The fourth-order valence-corrected chi connectivity index (χ4v) is 14.4. The predicted octanol–water partition coefficient (Wildman–Crippen LogP) is 8.22. The van der Waals surface area contributed by atoms with Crippen LogP contribution in [0.1, 0.15) is 134 Å². The molecule has 24 nitrogen and oxygen atoms in total. The molecule has 4 fully saturated rings. The van der Waals surface area contributed by atoms with Gasteiger partial charge in [0.1, 0.15) is 29.8 Å². The number of hydrogen-bond acceptors (Lipinski definition) is 18. The summed E-state index contributed by atoms with van der Waals surface area (Å²) in [6.07, 6.45) is -1.86. The van der Waals surface area contributed by atoms with Gasteiger partial charge in [0.05, 0.1) is 48.0 Å². The van der Waals surface area contributed by atoms with Crippen LogP contribution in [0.3, 0.4) is 0 Å². The predicted molar refractivity (Wildman–Crippen MR) is 357 cm³/mol. The SMILES string of the molecule is C=CC(=O)Nc1cc(Cl)cc(NC(=O)c2cnn(-c3ccc(OCC(=O)N4CCN(C(=O)CCC[C@@H]5/C=C(\C)C[C@H](C)C[C@H](OC)[C@H]6O[C@@](O)(C(=O)C(=O)N7CCCC[C@H]7C(=O)O[C@H](/C(C)=C/[C@@H]7CC[C@@H](O)[C@H](OC)C7)[C@H](C)[C@@H](O)CC5=O)[C@H](C)C[C@@H]6OC)CC4)cc3)c2C(F)(F)F)c1. The number of hydrogen-bond donors (Lipinski definition) is 5. The number of alkyl halides is 3. The maximum Gasteiger partial charge on any atom is 0.434 e. The smallest absolute Gasteiger partial charge is 0.434 e. The summed E-state index contributed by atoms with van der Waals surface area (Å²) in [5.41, 5.74) is -0.733. The molecule has 28 heteroatoms. The molecule has 2 aromatic carbocycles. The van der Waals surface area contributed by atoms with Crippen molar-refractivity contribution in [2.75, 3.05) is 71.3 Å². The number of piperazine rings is 1. The highest BCUT2D eigenvalue weighted by molar-refractivity contribution is 6.39. The number of carbonyl (C=O) groups is 8. The Kier molecular flexibility index (Phi) is 26.8. The van der Waals surface area contributed by atoms with Gasteiger partial charge in [-0.2, -0.15) is 18.3 Å². The Bertz CT molecular complexity index is 3470. The topological polar surface area (TPSA) is 304 Å². The van der Waals surface area contributed by atoms with Crippen LogP contribution in [0.25, 0.3) is 5.69 Å². The summed E-state index contributed by atoms with van der Waals surface area (Å²) >= 11 is 6.14. The molecule has 4 aliphatic heterocycles. The number of anilines is 2. The van der Waals surface area contributed by atoms with Gasteiger partial charge in [-0.3, -0.25) is 33.6 Å². The molecule has 0 radical (unpaired) electrons. The van der Waals surface area contributed by atoms with Crippen LogP contribution in [0.2, 0.25) is 5.02 Å². The van der Waals surface area contributed by atoms with Crippen LogP contribution in [-0.2, 0) is 63.4 Å². The van der Waals surface area contributed by atoms with Crippen LogP contribution in [0.5, 0.6) is 5.75 Å². The molecule has 5 amide bonds. The Morgan fingerprint density at radius 1 is 0.828 bits per heavy atom. The molecule has 3 aromatic rings. The number of methoxy groups -OCH3 is 3. The molecule has 99 heavy (non-hydrogen) atoms. The zero-order valence-corrected chi connectivity index (χ0v) is 58.1. The minimum Gasteiger partial charge on any atom is -0.484 e. The van der Waals surface area contributed by atoms with Crippen molar-refractivity contribution < 1.29 is 95.3 Å². The number of nitrogens with one attached hydrogen (secondary N) is 2. The molecule has 5 N–H and O–H groups in total. The van der Waals surface area contributed by atoms with Gasteiger partial charge in [0.15, 0.2) is 12.3 Å². The number of amides is 5. The molecule has 1 aliphatic carbocycles. The molecule has 1 aromatic heterocycles. The Morgan fingerprint density at radius 2 is 1.47 bits per heavy atom. The minimum atomic E-state index is -5.05. The maximum atomic E-state index is 14.8. The first kappa shape index (κ1) is 77.4. The Hall–Kier alpha value is -7.37. The maximum absolute atomic E-state index is 14.8. The van der Waals surface area contributed by atoms with E-state index in [4.69, 9.17) is 40.0 Å². The quantitative estimate of drug-likeness (QED) is 0.0368. The number of aliphatic hydroxyl groups is 3. The van der Waals surface area contributed by atoms with Crippen LogP contribution in [0, 0.1) is 29.6 Å². The van der Waals surface area contributed by atoms with E-state index in [9.17, 15) is 66.8 Å². The molecule has 1 saturated carbocycles. The van der Waals surface area contributed by atoms with Crippen LogP contribution in [0.4, 0.5) is 24.5 Å². The van der Waals surface area contributed by atoms with Crippen molar-refractivity contribution in [3.05, 3.63) is 101 Å². The van der Waals surface area contributed by atoms with Gasteiger partial charge in [-0.1, -0.05) is 56.7 Å². The number of halogens is 4. The lowest BCUT2D eigenvalue weighted by atomic mass is 9.81. The highest BCUT2D eigenvalue weighted by Gasteiger charge is 2.57. The number of Topliss-reactive ketones (excluding diaryl/α,β-unsaturated/α-hetero) is 2. The summed E-state index contributed by atoms with van der Waals surface area (Å²) < 4.78 is 80.3. The van der Waals surface area contributed by atoms with Gasteiger partial charge >= 0.3 is 12.1 Å². The lowest BCUT2D eigenvalue weighted by Gasteiger charge is -2.47. The molecule has 0 spiro atoms. The largest absolute Gasteiger partial charge is 0.484 e. The number of aliphatic hydroxyl groups excluding tert-OH is 2. The number of piperidine rings is 1. The van der Waals surface area contributed by atoms with E-state index in [1.54, 1.807) is 25.7 Å². The number of allylic oxidation sites excluding steroid dienone is 3. The van der Waals surface area contributed by atoms with E-state index in [1.807, 2.05) is 26.0 Å². The fourth-order valence-electron chi connectivity index (χ4n) is 14.2. The average Bonchev–Trinajstić information content (AvgIpc) is 1.33. The zero-order chi connectivity index (χ0) is 72.2. The minimum absolute atomic E-state index is 0.00715. The Morgan fingerprint density at radius 3 is 2.12 bits per heavy atom. The third-order valence-electron chi connectivity index (χ3n) is 19.7. The second-order valence-corrected chi connectivity index (χ2v) is 27.3. The zero-order valence-electron chi connectivity index (χ0n) is 57.3. The van der Waals surface area contributed by atoms with Crippen LogP contribution >= 0.6 is 11.6 Å². The van der Waals surface area contributed by atoms with Crippen LogP contribution < -0.4 is 15.4 Å². The summed E-state index contributed by atoms with van der Waals surface area (Å²) in [5.74, 6) is -11.2. The Labute approximate surface area is 579 Å². The normalized spacial score (nSPS) is 29.5. The number of rotatable bonds is 17. The Balaban J connectivity index is 0.929. The van der Waals surface area contributed by atoms with E-state index in [0.29, 0.717) is 55.2 Å². The van der Waals surface area contributed by atoms with Crippen molar-refractivity contribution in [3.8, 4) is 11.4 Å². The second-order valence-electron chi connectivity index (χ2n) is 26.9. The third kappa shape index (κ3) is 19.4. The van der Waals surface area contributed by atoms with E-state index < -0.39 is 132 Å². The standard InChI is InChI=1S/C71H93ClF3N7O17/c1-10-60(86)77-48-34-47(72)35-49(36-48)78-67(90)52-38-76-82(65(52)71(73,74)75)50-18-20-51(21-19-50)97-39-62(88)80-26-24-79(25-27-80)61(87)16-13-14-46-29-40(2)28-41(3)30-58(95-8)64-59(96-9)32-43(5)70(93,99-64)66(89)68(91)81-23-12-11-15-53(81)69(92)98-63(44(6)55(84)37-56(46)85)42(4)31-45-17-22-54(83)57(33-45)94-7/h10,18-21,29,31,34-36,38,41,43-46,53-55,57-59,63-64,83-84,93H,1,11-17,22-28,30,32-33,37,39H2,2-9H3,(H,77,86)(H,78,90)/b40-29+,42-31+/t41-,43+,44+,45-,46+,53-,54+,55-,57+,58-,59-,63+,64+,70+/m0/s1. The first-order valence-corrected chi connectivity index (χ1v) is 34.1. The number of benzene rings is 2. The first-order chi connectivity index (χ1) is 47.0. The van der Waals surface area contributed by atoms with Crippen molar-refractivity contribution in [2.45, 2.75) is 179 Å². The van der Waals surface area contributed by atoms with Crippen molar-refractivity contribution in [1.29, 1.82) is 0 Å². The number of ketones is 2. The van der Waals surface area contributed by atoms with Gasteiger partial charge in [0.25, 0.3) is 23.5 Å². The van der Waals surface area contributed by atoms with Gasteiger partial charge in [0, 0.05) is 101 Å². The first-order valence-electron chi connectivity index (χ1n) is 33.7. The highest BCUT2D eigenvalue weighted by atomic mass is 35.5. The van der Waals surface area contributed by atoms with E-state index in [-0.39, 0.29) is 123 Å². The molecule has 5 heterocycles. The average molecular weight is 1410 g/mol. The molecule has 542 valence electrons. The number of cyclic esters (lactones) is 1. The number of ether oxygens (including phenoxy) is 6. The molecule has 8 rings (SSSR count). The van der Waals surface area contributed by atoms with E-state index >= 15 is 0 Å². The monoisotopic (exact) mass is 1410 g/mol. The van der Waals surface area contributed by atoms with Crippen molar-refractivity contribution in [2.24, 2.45) is 29.6 Å². The van der Waals surface area contributed by atoms with Crippen LogP contribution in [-0.4, -0.2) is 202 Å². The third-order valence-corrected chi connectivity index (χ3v) is 19.9. The summed E-state index contributed by atoms with van der Waals surface area (Å²) in [7, 11) is 4.48. The molecule has 3 saturated heterocycles. The molecule has 14 atom stereocenters. The summed E-state index contributed by atoms with van der Waals surface area (Å²) in [4.78, 5) is 115. The van der Waals surface area contributed by atoms with E-state index in [2.05, 4.69) is 22.3 Å². The van der Waals surface area contributed by atoms with Crippen molar-refractivity contribution in [1.82, 2.24) is 24.5 Å². The van der Waals surface area contributed by atoms with Crippen molar-refractivity contribution >= 4 is 70.0 Å². The summed E-state index contributed by atoms with van der Waals surface area (Å²) in [6.45, 7) is 12.6. The molecular formula is C71H93ClF3N7O17. The van der Waals surface area contributed by atoms with Gasteiger partial charge < -0.3 is 69.1 Å². The molecule has 5 aliphatic rings. The number of esters is 1.